The molecule has 7 rings (SSSR count). The number of pyridine rings is 1. The van der Waals surface area contributed by atoms with Crippen molar-refractivity contribution in [3.05, 3.63) is 96.4 Å². The molecule has 216 valence electrons. The number of rotatable bonds is 6. The summed E-state index contributed by atoms with van der Waals surface area (Å²) < 4.78 is 27.8. The van der Waals surface area contributed by atoms with E-state index in [9.17, 15) is 13.2 Å². The second-order valence-electron chi connectivity index (χ2n) is 10.3. The Morgan fingerprint density at radius 1 is 0.907 bits per heavy atom. The number of thiophene rings is 1. The summed E-state index contributed by atoms with van der Waals surface area (Å²) in [5.41, 5.74) is 4.61. The number of hydrogen-bond donors (Lipinski definition) is 1. The highest BCUT2D eigenvalue weighted by molar-refractivity contribution is 7.94. The van der Waals surface area contributed by atoms with Gasteiger partial charge in [0.15, 0.2) is 0 Å². The largest absolute Gasteiger partial charge is 0.352 e. The summed E-state index contributed by atoms with van der Waals surface area (Å²) in [6.45, 7) is 2.64. The number of fused-ring (bicyclic) bond motifs is 3. The monoisotopic (exact) mass is 609 g/mol. The molecule has 0 atom stereocenters. The van der Waals surface area contributed by atoms with Crippen molar-refractivity contribution >= 4 is 60.7 Å². The molecule has 1 fully saturated rings. The van der Waals surface area contributed by atoms with Gasteiger partial charge in [0.05, 0.1) is 11.9 Å². The van der Waals surface area contributed by atoms with Crippen molar-refractivity contribution in [2.75, 3.05) is 42.4 Å². The van der Waals surface area contributed by atoms with Crippen molar-refractivity contribution < 1.29 is 13.2 Å². The Morgan fingerprint density at radius 2 is 1.72 bits per heavy atom. The van der Waals surface area contributed by atoms with Crippen molar-refractivity contribution in [1.82, 2.24) is 24.8 Å². The van der Waals surface area contributed by atoms with Crippen LogP contribution in [-0.4, -0.2) is 72.4 Å². The van der Waals surface area contributed by atoms with Crippen LogP contribution >= 0.6 is 11.3 Å². The van der Waals surface area contributed by atoms with Crippen LogP contribution in [0.25, 0.3) is 33.1 Å². The fraction of sp³-hybridized carbons (Fsp3) is 0.161. The van der Waals surface area contributed by atoms with E-state index in [0.29, 0.717) is 47.3 Å². The predicted molar refractivity (Wildman–Crippen MR) is 169 cm³/mol. The number of carbonyl (C=O) groups is 1. The van der Waals surface area contributed by atoms with Crippen LogP contribution in [0, 0.1) is 0 Å². The zero-order chi connectivity index (χ0) is 29.6. The highest BCUT2D eigenvalue weighted by Gasteiger charge is 2.24. The molecule has 1 aliphatic rings. The molecule has 0 saturated carbocycles. The van der Waals surface area contributed by atoms with E-state index in [1.54, 1.807) is 55.4 Å². The molecule has 0 bridgehead atoms. The van der Waals surface area contributed by atoms with E-state index >= 15 is 0 Å². The Kier molecular flexibility index (Phi) is 6.79. The molecule has 0 unspecified atom stereocenters. The number of hydrogen-bond acceptors (Lipinski definition) is 8. The quantitative estimate of drug-likeness (QED) is 0.282. The van der Waals surface area contributed by atoms with E-state index in [-0.39, 0.29) is 5.91 Å². The number of amides is 1. The molecular weight excluding hydrogens is 583 g/mol. The molecule has 12 heteroatoms. The number of aromatic amines is 1. The molecule has 10 nitrogen and oxygen atoms in total. The molecule has 0 radical (unpaired) electrons. The van der Waals surface area contributed by atoms with Gasteiger partial charge in [-0.25, -0.2) is 18.4 Å². The number of piperazine rings is 1. The van der Waals surface area contributed by atoms with Gasteiger partial charge in [-0.1, -0.05) is 18.2 Å². The van der Waals surface area contributed by atoms with E-state index in [4.69, 9.17) is 0 Å². The van der Waals surface area contributed by atoms with Gasteiger partial charge in [0, 0.05) is 79.2 Å². The zero-order valence-electron chi connectivity index (χ0n) is 23.2. The molecule has 2 aromatic carbocycles. The van der Waals surface area contributed by atoms with Crippen molar-refractivity contribution in [3.63, 3.8) is 0 Å². The molecular formula is C31H27N7O3S2. The minimum atomic E-state index is -3.65. The summed E-state index contributed by atoms with van der Waals surface area (Å²) in [6.07, 6.45) is 6.87. The summed E-state index contributed by atoms with van der Waals surface area (Å²) in [5.74, 6) is 0.830. The smallest absolute Gasteiger partial charge is 0.273 e. The average molecular weight is 610 g/mol. The molecule has 5 heterocycles. The molecule has 6 aromatic rings. The van der Waals surface area contributed by atoms with Crippen LogP contribution in [0.15, 0.2) is 95.0 Å². The number of aromatic nitrogens is 4. The third kappa shape index (κ3) is 4.98. The SMILES string of the molecule is CN(c1ccc2[nH]c3ncc(-c4ccc(C(=O)N5CCN(c6cnccn6)CC5)cc4)cc3c2c1)S(=O)(=O)c1cccs1. The molecule has 1 aliphatic heterocycles. The van der Waals surface area contributed by atoms with Crippen LogP contribution in [0.1, 0.15) is 10.4 Å². The van der Waals surface area contributed by atoms with Crippen molar-refractivity contribution in [2.24, 2.45) is 0 Å². The van der Waals surface area contributed by atoms with Crippen LogP contribution in [0.3, 0.4) is 0 Å². The number of nitrogens with zero attached hydrogens (tertiary/aromatic N) is 6. The third-order valence-electron chi connectivity index (χ3n) is 7.81. The number of sulfonamides is 1. The molecule has 4 aromatic heterocycles. The van der Waals surface area contributed by atoms with Gasteiger partial charge in [-0.05, 0) is 53.4 Å². The van der Waals surface area contributed by atoms with Gasteiger partial charge < -0.3 is 14.8 Å². The number of H-pyrrole nitrogens is 1. The highest BCUT2D eigenvalue weighted by atomic mass is 32.2. The minimum Gasteiger partial charge on any atom is -0.352 e. The van der Waals surface area contributed by atoms with Gasteiger partial charge in [0.1, 0.15) is 15.7 Å². The Morgan fingerprint density at radius 3 is 2.44 bits per heavy atom. The van der Waals surface area contributed by atoms with E-state index in [0.717, 1.165) is 33.2 Å². The lowest BCUT2D eigenvalue weighted by molar-refractivity contribution is 0.0746. The molecule has 0 aliphatic carbocycles. The molecule has 1 saturated heterocycles. The average Bonchev–Trinajstić information content (AvgIpc) is 3.73. The maximum Gasteiger partial charge on any atom is 0.273 e. The van der Waals surface area contributed by atoms with Gasteiger partial charge in [-0.15, -0.1) is 11.3 Å². The Bertz CT molecular complexity index is 2040. The summed E-state index contributed by atoms with van der Waals surface area (Å²) in [4.78, 5) is 33.7. The van der Waals surface area contributed by atoms with Gasteiger partial charge in [0.2, 0.25) is 0 Å². The fourth-order valence-electron chi connectivity index (χ4n) is 5.38. The topological polar surface area (TPSA) is 115 Å². The second kappa shape index (κ2) is 10.8. The maximum absolute atomic E-state index is 13.2. The van der Waals surface area contributed by atoms with Crippen molar-refractivity contribution in [2.45, 2.75) is 4.21 Å². The van der Waals surface area contributed by atoms with Crippen molar-refractivity contribution in [1.29, 1.82) is 0 Å². The van der Waals surface area contributed by atoms with E-state index in [2.05, 4.69) is 24.8 Å². The predicted octanol–water partition coefficient (Wildman–Crippen LogP) is 5.02. The van der Waals surface area contributed by atoms with E-state index in [1.165, 1.54) is 15.6 Å². The van der Waals surface area contributed by atoms with Crippen LogP contribution in [0.2, 0.25) is 0 Å². The highest BCUT2D eigenvalue weighted by Crippen LogP contribution is 2.33. The maximum atomic E-state index is 13.2. The standard InChI is InChI=1S/C31H27N7O3S2/c1-36(43(40,41)29-3-2-16-42-29)24-8-9-27-25(18-24)26-17-23(19-34-30(26)35-27)21-4-6-22(7-5-21)31(39)38-14-12-37(13-15-38)28-20-32-10-11-33-28/h2-11,16-20H,12-15H2,1H3,(H,34,35). The third-order valence-corrected chi connectivity index (χ3v) is 11.0. The summed E-state index contributed by atoms with van der Waals surface area (Å²) in [6, 6.07) is 18.5. The lowest BCUT2D eigenvalue weighted by atomic mass is 10.0. The van der Waals surface area contributed by atoms with Crippen LogP contribution < -0.4 is 9.21 Å². The number of benzene rings is 2. The van der Waals surface area contributed by atoms with Crippen LogP contribution in [-0.2, 0) is 10.0 Å². The Hall–Kier alpha value is -4.81. The van der Waals surface area contributed by atoms with Gasteiger partial charge in [-0.2, -0.15) is 0 Å². The Balaban J connectivity index is 1.11. The minimum absolute atomic E-state index is 0.00435. The van der Waals surface area contributed by atoms with E-state index in [1.807, 2.05) is 47.4 Å². The summed E-state index contributed by atoms with van der Waals surface area (Å²) in [7, 11) is -2.09. The molecule has 43 heavy (non-hydrogen) atoms. The van der Waals surface area contributed by atoms with Crippen LogP contribution in [0.5, 0.6) is 0 Å². The van der Waals surface area contributed by atoms with E-state index < -0.39 is 10.0 Å². The van der Waals surface area contributed by atoms with Gasteiger partial charge >= 0.3 is 0 Å². The first kappa shape index (κ1) is 27.0. The first-order valence-electron chi connectivity index (χ1n) is 13.7. The Labute approximate surface area is 252 Å². The number of carbonyl (C=O) groups excluding carboxylic acids is 1. The molecule has 1 amide bonds. The number of nitrogens with one attached hydrogen (secondary N) is 1. The lowest BCUT2D eigenvalue weighted by Crippen LogP contribution is -2.49. The first-order chi connectivity index (χ1) is 20.9. The second-order valence-corrected chi connectivity index (χ2v) is 13.4. The summed E-state index contributed by atoms with van der Waals surface area (Å²) >= 11 is 1.19. The van der Waals surface area contributed by atoms with Crippen molar-refractivity contribution in [3.8, 4) is 11.1 Å². The fourth-order valence-corrected chi connectivity index (χ4v) is 7.73. The van der Waals surface area contributed by atoms with Gasteiger partial charge in [0.25, 0.3) is 15.9 Å². The number of anilines is 2. The van der Waals surface area contributed by atoms with Gasteiger partial charge in [-0.3, -0.25) is 14.1 Å². The zero-order valence-corrected chi connectivity index (χ0v) is 24.8. The lowest BCUT2D eigenvalue weighted by Gasteiger charge is -2.35. The normalized spacial score (nSPS) is 14.0. The van der Waals surface area contributed by atoms with Crippen LogP contribution in [0.4, 0.5) is 11.5 Å². The molecule has 1 N–H and O–H groups in total. The summed E-state index contributed by atoms with van der Waals surface area (Å²) in [5, 5.41) is 3.52. The first-order valence-corrected chi connectivity index (χ1v) is 16.0. The molecule has 0 spiro atoms.